The number of benzene rings is 1. The number of aromatic nitrogens is 2. The first-order valence-electron chi connectivity index (χ1n) is 10.4. The molecule has 2 rings (SSSR count). The van der Waals surface area contributed by atoms with E-state index in [4.69, 9.17) is 15.3 Å². The Morgan fingerprint density at radius 3 is 2.34 bits per heavy atom. The summed E-state index contributed by atoms with van der Waals surface area (Å²) in [5.74, 6) is -0.386. The van der Waals surface area contributed by atoms with Gasteiger partial charge in [0, 0.05) is 19.2 Å². The molecule has 0 unspecified atom stereocenters. The molecule has 2 aromatic rings. The summed E-state index contributed by atoms with van der Waals surface area (Å²) in [6, 6.07) is 9.02. The van der Waals surface area contributed by atoms with Crippen molar-refractivity contribution in [3.8, 4) is 5.75 Å². The van der Waals surface area contributed by atoms with E-state index in [9.17, 15) is 9.90 Å². The fourth-order valence-electron chi connectivity index (χ4n) is 2.47. The van der Waals surface area contributed by atoms with Crippen LogP contribution in [0.15, 0.2) is 65.5 Å². The molecule has 174 valence electrons. The molecule has 0 amide bonds. The van der Waals surface area contributed by atoms with Crippen molar-refractivity contribution in [1.29, 1.82) is 0 Å². The lowest BCUT2D eigenvalue weighted by Crippen LogP contribution is -2.21. The van der Waals surface area contributed by atoms with Gasteiger partial charge in [0.2, 0.25) is 0 Å². The molecule has 0 bridgehead atoms. The summed E-state index contributed by atoms with van der Waals surface area (Å²) in [5.41, 5.74) is 8.38. The normalized spacial score (nSPS) is 12.8. The van der Waals surface area contributed by atoms with E-state index in [1.165, 1.54) is 0 Å². The molecule has 0 spiro atoms. The summed E-state index contributed by atoms with van der Waals surface area (Å²) in [6.45, 7) is 8.33. The lowest BCUT2D eigenvalue weighted by Gasteiger charge is -2.14. The molecule has 1 heterocycles. The maximum atomic E-state index is 11.3. The number of oxime groups is 1. The standard InChI is InChI=1S/C20H26N4O4.C4H8/c1-4-14(2)12-28-23-19(21)13-27-16-7-5-15(6-8-16)17(11-20(25)26)18-9-10-24(3)22-18;1-3-4-2/h4-10,17H,11-13H2,1-3H3,(H2,21,23)(H,25,26);3-4H,1-2H3/b14-4+;4-3-/t17-;/m0./s1. The van der Waals surface area contributed by atoms with Crippen molar-refractivity contribution in [3.05, 3.63) is 71.6 Å². The van der Waals surface area contributed by atoms with Gasteiger partial charge in [-0.25, -0.2) is 0 Å². The lowest BCUT2D eigenvalue weighted by atomic mass is 9.92. The second-order valence-electron chi connectivity index (χ2n) is 7.08. The van der Waals surface area contributed by atoms with E-state index in [-0.39, 0.29) is 24.8 Å². The number of carbonyl (C=O) groups is 1. The summed E-state index contributed by atoms with van der Waals surface area (Å²) in [5, 5.41) is 17.4. The summed E-state index contributed by atoms with van der Waals surface area (Å²) < 4.78 is 7.25. The Balaban J connectivity index is 0.00000118. The Bertz CT molecular complexity index is 910. The Labute approximate surface area is 190 Å². The van der Waals surface area contributed by atoms with Crippen LogP contribution in [0.25, 0.3) is 0 Å². The Morgan fingerprint density at radius 2 is 1.84 bits per heavy atom. The highest BCUT2D eigenvalue weighted by molar-refractivity contribution is 5.81. The zero-order chi connectivity index (χ0) is 23.9. The number of nitrogens with zero attached hydrogens (tertiary/aromatic N) is 3. The third-order valence-electron chi connectivity index (χ3n) is 4.44. The molecule has 1 aromatic heterocycles. The van der Waals surface area contributed by atoms with Crippen LogP contribution >= 0.6 is 0 Å². The van der Waals surface area contributed by atoms with Gasteiger partial charge in [0.05, 0.1) is 12.1 Å². The number of carboxylic acid groups (broad SMARTS) is 1. The lowest BCUT2D eigenvalue weighted by molar-refractivity contribution is -0.137. The minimum Gasteiger partial charge on any atom is -0.486 e. The smallest absolute Gasteiger partial charge is 0.304 e. The quantitative estimate of drug-likeness (QED) is 0.246. The van der Waals surface area contributed by atoms with Crippen molar-refractivity contribution < 1.29 is 19.5 Å². The van der Waals surface area contributed by atoms with Crippen LogP contribution in [0.5, 0.6) is 5.75 Å². The Hall–Kier alpha value is -3.55. The summed E-state index contributed by atoms with van der Waals surface area (Å²) in [7, 11) is 1.80. The van der Waals surface area contributed by atoms with Gasteiger partial charge >= 0.3 is 5.97 Å². The van der Waals surface area contributed by atoms with E-state index in [2.05, 4.69) is 10.3 Å². The van der Waals surface area contributed by atoms with Crippen LogP contribution in [0, 0.1) is 0 Å². The highest BCUT2D eigenvalue weighted by atomic mass is 16.6. The van der Waals surface area contributed by atoms with Gasteiger partial charge in [-0.3, -0.25) is 9.48 Å². The van der Waals surface area contributed by atoms with E-state index in [0.717, 1.165) is 11.1 Å². The molecule has 0 aliphatic carbocycles. The zero-order valence-electron chi connectivity index (χ0n) is 19.5. The van der Waals surface area contributed by atoms with Crippen molar-refractivity contribution in [2.45, 2.75) is 40.0 Å². The molecule has 0 saturated heterocycles. The van der Waals surface area contributed by atoms with Gasteiger partial charge < -0.3 is 20.4 Å². The second kappa shape index (κ2) is 14.5. The van der Waals surface area contributed by atoms with Crippen molar-refractivity contribution in [3.63, 3.8) is 0 Å². The number of rotatable bonds is 10. The molecule has 0 radical (unpaired) electrons. The molecule has 8 nitrogen and oxygen atoms in total. The highest BCUT2D eigenvalue weighted by Gasteiger charge is 2.20. The topological polar surface area (TPSA) is 112 Å². The molecular formula is C24H34N4O4. The third-order valence-corrected chi connectivity index (χ3v) is 4.44. The van der Waals surface area contributed by atoms with Crippen LogP contribution < -0.4 is 10.5 Å². The van der Waals surface area contributed by atoms with Gasteiger partial charge in [-0.2, -0.15) is 5.10 Å². The van der Waals surface area contributed by atoms with Gasteiger partial charge in [-0.15, -0.1) is 0 Å². The first kappa shape index (κ1) is 26.5. The van der Waals surface area contributed by atoms with E-state index >= 15 is 0 Å². The van der Waals surface area contributed by atoms with E-state index in [1.807, 2.05) is 64.1 Å². The largest absolute Gasteiger partial charge is 0.486 e. The highest BCUT2D eigenvalue weighted by Crippen LogP contribution is 2.28. The molecule has 32 heavy (non-hydrogen) atoms. The first-order valence-corrected chi connectivity index (χ1v) is 10.4. The number of hydrogen-bond donors (Lipinski definition) is 2. The maximum absolute atomic E-state index is 11.3. The first-order chi connectivity index (χ1) is 15.3. The number of hydrogen-bond acceptors (Lipinski definition) is 5. The molecule has 0 aliphatic rings. The molecule has 3 N–H and O–H groups in total. The van der Waals surface area contributed by atoms with Crippen LogP contribution in [-0.4, -0.2) is 39.9 Å². The number of amidine groups is 1. The summed E-state index contributed by atoms with van der Waals surface area (Å²) in [6.07, 6.45) is 7.69. The van der Waals surface area contributed by atoms with Crippen molar-refractivity contribution >= 4 is 11.8 Å². The number of aryl methyl sites for hydroxylation is 1. The minimum absolute atomic E-state index is 0.0419. The molecule has 0 fully saturated rings. The van der Waals surface area contributed by atoms with Gasteiger partial charge in [-0.05, 0) is 57.0 Å². The molecular weight excluding hydrogens is 408 g/mol. The van der Waals surface area contributed by atoms with Gasteiger partial charge in [0.15, 0.2) is 5.84 Å². The predicted octanol–water partition coefficient (Wildman–Crippen LogP) is 4.24. The second-order valence-corrected chi connectivity index (χ2v) is 7.08. The van der Waals surface area contributed by atoms with Crippen molar-refractivity contribution in [2.75, 3.05) is 13.2 Å². The number of nitrogens with two attached hydrogens (primary N) is 1. The molecule has 0 saturated carbocycles. The van der Waals surface area contributed by atoms with Crippen LogP contribution in [0.3, 0.4) is 0 Å². The number of aliphatic carboxylic acids is 1. The average Bonchev–Trinajstić information content (AvgIpc) is 3.22. The van der Waals surface area contributed by atoms with Crippen LogP contribution in [-0.2, 0) is 16.7 Å². The fourth-order valence-corrected chi connectivity index (χ4v) is 2.47. The van der Waals surface area contributed by atoms with E-state index in [1.54, 1.807) is 30.1 Å². The molecule has 1 atom stereocenters. The number of ether oxygens (including phenoxy) is 1. The molecule has 0 aliphatic heterocycles. The monoisotopic (exact) mass is 442 g/mol. The van der Waals surface area contributed by atoms with E-state index < -0.39 is 5.97 Å². The predicted molar refractivity (Wildman–Crippen MR) is 127 cm³/mol. The van der Waals surface area contributed by atoms with Gasteiger partial charge in [0.1, 0.15) is 19.0 Å². The third kappa shape index (κ3) is 9.97. The van der Waals surface area contributed by atoms with E-state index in [0.29, 0.717) is 18.1 Å². The minimum atomic E-state index is -0.881. The van der Waals surface area contributed by atoms with Crippen LogP contribution in [0.2, 0.25) is 0 Å². The maximum Gasteiger partial charge on any atom is 0.304 e. The Morgan fingerprint density at radius 1 is 1.19 bits per heavy atom. The zero-order valence-corrected chi connectivity index (χ0v) is 19.5. The molecule has 8 heteroatoms. The number of allylic oxidation sites excluding steroid dienone is 3. The van der Waals surface area contributed by atoms with Gasteiger partial charge in [0.25, 0.3) is 0 Å². The average molecular weight is 443 g/mol. The Kier molecular flexibility index (Phi) is 12.0. The SMILES string of the molecule is C/C=C(\C)CO/N=C(\N)COc1ccc([C@H](CC(=O)O)c2ccn(C)n2)cc1.C/C=C\C. The summed E-state index contributed by atoms with van der Waals surface area (Å²) in [4.78, 5) is 16.4. The summed E-state index contributed by atoms with van der Waals surface area (Å²) >= 11 is 0. The molecule has 1 aromatic carbocycles. The van der Waals surface area contributed by atoms with Crippen LogP contribution in [0.4, 0.5) is 0 Å². The van der Waals surface area contributed by atoms with Crippen molar-refractivity contribution in [2.24, 2.45) is 17.9 Å². The number of carboxylic acids is 1. The fraction of sp³-hybridized carbons (Fsp3) is 0.375. The van der Waals surface area contributed by atoms with Gasteiger partial charge in [-0.1, -0.05) is 35.5 Å². The van der Waals surface area contributed by atoms with Crippen molar-refractivity contribution in [1.82, 2.24) is 9.78 Å². The van der Waals surface area contributed by atoms with Crippen LogP contribution in [0.1, 0.15) is 51.3 Å².